The summed E-state index contributed by atoms with van der Waals surface area (Å²) < 4.78 is 39.7. The van der Waals surface area contributed by atoms with Gasteiger partial charge in [0, 0.05) is 19.8 Å². The number of carbonyl (C=O) groups is 1. The number of hydrogen-bond acceptors (Lipinski definition) is 2. The summed E-state index contributed by atoms with van der Waals surface area (Å²) in [6, 6.07) is 8.00. The third kappa shape index (κ3) is 4.84. The molecule has 0 saturated heterocycles. The minimum Gasteiger partial charge on any atom is -0.352 e. The van der Waals surface area contributed by atoms with E-state index in [4.69, 9.17) is 0 Å². The van der Waals surface area contributed by atoms with Crippen LogP contribution >= 0.6 is 0 Å². The first-order valence-corrected chi connectivity index (χ1v) is 7.97. The van der Waals surface area contributed by atoms with E-state index in [9.17, 15) is 18.0 Å². The topological polar surface area (TPSA) is 46.9 Å². The Morgan fingerprint density at radius 2 is 1.76 bits per heavy atom. The van der Waals surface area contributed by atoms with Crippen LogP contribution in [0.2, 0.25) is 0 Å². The number of nitrogens with one attached hydrogen (secondary N) is 1. The second-order valence-corrected chi connectivity index (χ2v) is 7.02. The smallest absolute Gasteiger partial charge is 0.352 e. The lowest BCUT2D eigenvalue weighted by Gasteiger charge is -2.19. The Labute approximate surface area is 145 Å². The molecule has 0 aliphatic heterocycles. The fraction of sp³-hybridized carbons (Fsp3) is 0.444. The number of hydrogen-bond donors (Lipinski definition) is 1. The number of rotatable bonds is 4. The molecule has 0 atom stereocenters. The molecule has 136 valence electrons. The number of nitrogens with zero attached hydrogens (tertiary/aromatic N) is 2. The summed E-state index contributed by atoms with van der Waals surface area (Å²) in [6.45, 7) is 6.61. The predicted molar refractivity (Wildman–Crippen MR) is 89.4 cm³/mol. The highest BCUT2D eigenvalue weighted by Gasteiger charge is 2.38. The molecule has 0 spiro atoms. The summed E-state index contributed by atoms with van der Waals surface area (Å²) in [6.07, 6.45) is -3.04. The minimum atomic E-state index is -4.66. The van der Waals surface area contributed by atoms with E-state index < -0.39 is 23.3 Å². The van der Waals surface area contributed by atoms with Crippen LogP contribution in [0.5, 0.6) is 0 Å². The maximum absolute atomic E-state index is 12.9. The maximum Gasteiger partial charge on any atom is 0.435 e. The molecule has 1 heterocycles. The van der Waals surface area contributed by atoms with Gasteiger partial charge in [0.1, 0.15) is 0 Å². The van der Waals surface area contributed by atoms with Gasteiger partial charge in [-0.2, -0.15) is 18.3 Å². The van der Waals surface area contributed by atoms with E-state index in [2.05, 4.69) is 31.2 Å². The van der Waals surface area contributed by atoms with Crippen LogP contribution in [0.25, 0.3) is 0 Å². The zero-order valence-corrected chi connectivity index (χ0v) is 14.7. The fourth-order valence-electron chi connectivity index (χ4n) is 2.45. The quantitative estimate of drug-likeness (QED) is 0.911. The Balaban J connectivity index is 1.97. The van der Waals surface area contributed by atoms with Crippen molar-refractivity contribution >= 4 is 5.91 Å². The van der Waals surface area contributed by atoms with E-state index in [-0.39, 0.29) is 12.0 Å². The predicted octanol–water partition coefficient (Wildman–Crippen LogP) is 3.71. The number of aromatic nitrogens is 2. The molecule has 2 rings (SSSR count). The number of benzene rings is 1. The Morgan fingerprint density at radius 3 is 2.28 bits per heavy atom. The Morgan fingerprint density at radius 1 is 1.16 bits per heavy atom. The highest BCUT2D eigenvalue weighted by molar-refractivity contribution is 5.95. The summed E-state index contributed by atoms with van der Waals surface area (Å²) in [5.74, 6) is -0.772. The van der Waals surface area contributed by atoms with E-state index in [1.54, 1.807) is 0 Å². The molecule has 1 amide bonds. The highest BCUT2D eigenvalue weighted by atomic mass is 19.4. The van der Waals surface area contributed by atoms with Crippen molar-refractivity contribution in [3.63, 3.8) is 0 Å². The van der Waals surface area contributed by atoms with E-state index in [0.717, 1.165) is 16.4 Å². The molecular formula is C18H22F3N3O. The lowest BCUT2D eigenvalue weighted by atomic mass is 9.86. The molecule has 7 heteroatoms. The van der Waals surface area contributed by atoms with Crippen molar-refractivity contribution in [1.82, 2.24) is 15.1 Å². The molecule has 2 aromatic rings. The van der Waals surface area contributed by atoms with Crippen LogP contribution in [-0.4, -0.2) is 22.2 Å². The molecule has 0 radical (unpaired) electrons. The monoisotopic (exact) mass is 353 g/mol. The lowest BCUT2D eigenvalue weighted by Crippen LogP contribution is -2.27. The molecule has 0 fully saturated rings. The first-order valence-electron chi connectivity index (χ1n) is 7.97. The molecule has 1 N–H and O–H groups in total. The molecule has 0 aliphatic carbocycles. The number of amides is 1. The molecular weight excluding hydrogens is 331 g/mol. The molecule has 1 aromatic heterocycles. The number of alkyl halides is 3. The van der Waals surface area contributed by atoms with Gasteiger partial charge in [0.25, 0.3) is 5.91 Å². The fourth-order valence-corrected chi connectivity index (χ4v) is 2.45. The highest BCUT2D eigenvalue weighted by Crippen LogP contribution is 2.30. The third-order valence-electron chi connectivity index (χ3n) is 3.86. The SMILES string of the molecule is Cn1cc(C(=O)NCCc2ccc(C(C)(C)C)cc2)c(C(F)(F)F)n1. The van der Waals surface area contributed by atoms with Crippen LogP contribution in [0.3, 0.4) is 0 Å². The van der Waals surface area contributed by atoms with E-state index in [1.165, 1.54) is 12.6 Å². The van der Waals surface area contributed by atoms with Gasteiger partial charge in [-0.1, -0.05) is 45.0 Å². The second kappa shape index (κ2) is 6.90. The zero-order chi connectivity index (χ0) is 18.8. The minimum absolute atomic E-state index is 0.0566. The van der Waals surface area contributed by atoms with Gasteiger partial charge >= 0.3 is 6.18 Å². The van der Waals surface area contributed by atoms with Gasteiger partial charge in [-0.05, 0) is 23.0 Å². The van der Waals surface area contributed by atoms with Gasteiger partial charge in [-0.25, -0.2) is 0 Å². The summed E-state index contributed by atoms with van der Waals surface area (Å²) in [4.78, 5) is 12.0. The van der Waals surface area contributed by atoms with Crippen LogP contribution < -0.4 is 5.32 Å². The Hall–Kier alpha value is -2.31. The molecule has 0 bridgehead atoms. The van der Waals surface area contributed by atoms with Crippen LogP contribution in [0.4, 0.5) is 13.2 Å². The van der Waals surface area contributed by atoms with Gasteiger partial charge in [0.05, 0.1) is 5.56 Å². The standard InChI is InChI=1S/C18H22F3N3O/c1-17(2,3)13-7-5-12(6-8-13)9-10-22-16(25)14-11-24(4)23-15(14)18(19,20)21/h5-8,11H,9-10H2,1-4H3,(H,22,25). The Kier molecular flexibility index (Phi) is 5.25. The van der Waals surface area contributed by atoms with E-state index in [1.807, 2.05) is 24.3 Å². The van der Waals surface area contributed by atoms with Crippen molar-refractivity contribution in [2.75, 3.05) is 6.54 Å². The third-order valence-corrected chi connectivity index (χ3v) is 3.86. The number of halogens is 3. The average molecular weight is 353 g/mol. The average Bonchev–Trinajstić information content (AvgIpc) is 2.89. The van der Waals surface area contributed by atoms with E-state index >= 15 is 0 Å². The van der Waals surface area contributed by atoms with Crippen LogP contribution in [-0.2, 0) is 25.1 Å². The summed E-state index contributed by atoms with van der Waals surface area (Å²) >= 11 is 0. The lowest BCUT2D eigenvalue weighted by molar-refractivity contribution is -0.141. The van der Waals surface area contributed by atoms with E-state index in [0.29, 0.717) is 6.42 Å². The van der Waals surface area contributed by atoms with Crippen LogP contribution in [0.1, 0.15) is 48.0 Å². The molecule has 0 unspecified atom stereocenters. The summed E-state index contributed by atoms with van der Waals surface area (Å²) in [5, 5.41) is 5.86. The molecule has 25 heavy (non-hydrogen) atoms. The van der Waals surface area contributed by atoms with Crippen LogP contribution in [0, 0.1) is 0 Å². The summed E-state index contributed by atoms with van der Waals surface area (Å²) in [5.41, 5.74) is 0.641. The van der Waals surface area contributed by atoms with Gasteiger partial charge in [0.15, 0.2) is 5.69 Å². The number of carbonyl (C=O) groups excluding carboxylic acids is 1. The van der Waals surface area contributed by atoms with Crippen LogP contribution in [0.15, 0.2) is 30.5 Å². The van der Waals surface area contributed by atoms with Gasteiger partial charge in [-0.15, -0.1) is 0 Å². The van der Waals surface area contributed by atoms with Gasteiger partial charge in [0.2, 0.25) is 0 Å². The maximum atomic E-state index is 12.9. The largest absolute Gasteiger partial charge is 0.435 e. The molecule has 4 nitrogen and oxygen atoms in total. The van der Waals surface area contributed by atoms with Crippen molar-refractivity contribution in [3.8, 4) is 0 Å². The van der Waals surface area contributed by atoms with Crippen molar-refractivity contribution < 1.29 is 18.0 Å². The van der Waals surface area contributed by atoms with Crippen molar-refractivity contribution in [2.45, 2.75) is 38.8 Å². The van der Waals surface area contributed by atoms with Gasteiger partial charge < -0.3 is 5.32 Å². The zero-order valence-electron chi connectivity index (χ0n) is 14.7. The first-order chi connectivity index (χ1) is 11.5. The summed E-state index contributed by atoms with van der Waals surface area (Å²) in [7, 11) is 1.35. The van der Waals surface area contributed by atoms with Crippen molar-refractivity contribution in [2.24, 2.45) is 7.05 Å². The van der Waals surface area contributed by atoms with Crippen molar-refractivity contribution in [1.29, 1.82) is 0 Å². The first kappa shape index (κ1) is 19.0. The second-order valence-electron chi connectivity index (χ2n) is 7.02. The molecule has 0 saturated carbocycles. The molecule has 1 aromatic carbocycles. The number of aryl methyl sites for hydroxylation is 1. The van der Waals surface area contributed by atoms with Crippen molar-refractivity contribution in [3.05, 3.63) is 52.8 Å². The molecule has 0 aliphatic rings. The normalized spacial score (nSPS) is 12.3. The Bertz CT molecular complexity index is 740. The van der Waals surface area contributed by atoms with Gasteiger partial charge in [-0.3, -0.25) is 9.48 Å².